The standard InChI is InChI=1S/C44H33BN2S/c1-25-17-27(3)41-32(19-25)21-33-20-26(2)18-28(4)42(33)45(41)34-15-13-29(14-16-34)39-24-36-35-22-30-9-5-6-10-31(30)23-40(35)48-43(36)44-46-37-11-7-8-12-38(37)47(39)44/h5-20,22-24H,21H2,1-4H3. The molecule has 0 N–H and O–H groups in total. The maximum absolute atomic E-state index is 5.24. The van der Waals surface area contributed by atoms with Gasteiger partial charge in [-0.05, 0) is 91.9 Å². The number of hydrogen-bond acceptors (Lipinski definition) is 2. The third-order valence-corrected chi connectivity index (χ3v) is 11.8. The second-order valence-electron chi connectivity index (χ2n) is 13.9. The summed E-state index contributed by atoms with van der Waals surface area (Å²) in [6, 6.07) is 43.3. The van der Waals surface area contributed by atoms with Crippen molar-refractivity contribution in [3.63, 3.8) is 0 Å². The van der Waals surface area contributed by atoms with Gasteiger partial charge in [-0.15, -0.1) is 11.3 Å². The molecule has 0 saturated carbocycles. The lowest BCUT2D eigenvalue weighted by Crippen LogP contribution is -2.58. The minimum absolute atomic E-state index is 0.213. The van der Waals surface area contributed by atoms with E-state index in [-0.39, 0.29) is 6.71 Å². The average Bonchev–Trinajstić information content (AvgIpc) is 3.64. The SMILES string of the molecule is Cc1cc(C)c2c(c1)Cc1cc(C)cc(C)c1B2c1ccc(-c2cc3c4cc5ccccc5cc4sc3c3nc4ccccc4n23)cc1. The molecule has 0 saturated heterocycles. The Morgan fingerprint density at radius 1 is 0.646 bits per heavy atom. The van der Waals surface area contributed by atoms with Crippen molar-refractivity contribution in [1.82, 2.24) is 9.38 Å². The molecular formula is C44H33BN2S. The normalized spacial score (nSPS) is 12.9. The molecule has 0 aliphatic carbocycles. The highest BCUT2D eigenvalue weighted by Crippen LogP contribution is 2.41. The number of imidazole rings is 1. The number of pyridine rings is 1. The molecule has 0 amide bonds. The monoisotopic (exact) mass is 632 g/mol. The van der Waals surface area contributed by atoms with Gasteiger partial charge in [-0.1, -0.05) is 124 Å². The number of hydrogen-bond donors (Lipinski definition) is 0. The van der Waals surface area contributed by atoms with E-state index in [0.717, 1.165) is 23.1 Å². The number of benzene rings is 6. The lowest BCUT2D eigenvalue weighted by atomic mass is 9.32. The maximum atomic E-state index is 5.24. The Hall–Kier alpha value is -5.19. The lowest BCUT2D eigenvalue weighted by Gasteiger charge is -2.31. The maximum Gasteiger partial charge on any atom is 0.242 e. The van der Waals surface area contributed by atoms with Crippen LogP contribution in [-0.2, 0) is 6.42 Å². The number of thiophene rings is 1. The van der Waals surface area contributed by atoms with Gasteiger partial charge in [-0.25, -0.2) is 4.98 Å². The molecule has 0 fully saturated rings. The predicted octanol–water partition coefficient (Wildman–Crippen LogP) is 9.33. The van der Waals surface area contributed by atoms with Crippen molar-refractivity contribution >= 4 is 82.1 Å². The summed E-state index contributed by atoms with van der Waals surface area (Å²) >= 11 is 1.85. The van der Waals surface area contributed by atoms with E-state index in [1.54, 1.807) is 0 Å². The highest BCUT2D eigenvalue weighted by Gasteiger charge is 2.33. The topological polar surface area (TPSA) is 17.3 Å². The van der Waals surface area contributed by atoms with Crippen molar-refractivity contribution in [1.29, 1.82) is 0 Å². The minimum atomic E-state index is 0.213. The summed E-state index contributed by atoms with van der Waals surface area (Å²) < 4.78 is 4.92. The average molecular weight is 633 g/mol. The number of fused-ring (bicyclic) bond motifs is 10. The van der Waals surface area contributed by atoms with Crippen LogP contribution in [0.15, 0.2) is 115 Å². The van der Waals surface area contributed by atoms with Gasteiger partial charge in [0, 0.05) is 15.5 Å². The molecule has 4 heteroatoms. The fourth-order valence-corrected chi connectivity index (χ4v) is 9.92. The fraction of sp³-hybridized carbons (Fsp3) is 0.114. The van der Waals surface area contributed by atoms with Crippen LogP contribution in [0.5, 0.6) is 0 Å². The van der Waals surface area contributed by atoms with Gasteiger partial charge in [-0.3, -0.25) is 4.40 Å². The van der Waals surface area contributed by atoms with Gasteiger partial charge in [0.15, 0.2) is 5.65 Å². The van der Waals surface area contributed by atoms with E-state index in [2.05, 4.69) is 147 Å². The van der Waals surface area contributed by atoms with Crippen molar-refractivity contribution in [2.45, 2.75) is 34.1 Å². The van der Waals surface area contributed by atoms with Gasteiger partial charge < -0.3 is 0 Å². The molecule has 2 nitrogen and oxygen atoms in total. The third kappa shape index (κ3) is 4.02. The molecule has 0 radical (unpaired) electrons. The summed E-state index contributed by atoms with van der Waals surface area (Å²) in [5.74, 6) is 0. The van der Waals surface area contributed by atoms with Crippen molar-refractivity contribution < 1.29 is 0 Å². The van der Waals surface area contributed by atoms with Crippen molar-refractivity contribution in [3.05, 3.63) is 149 Å². The van der Waals surface area contributed by atoms with Crippen molar-refractivity contribution in [2.75, 3.05) is 0 Å². The van der Waals surface area contributed by atoms with Crippen LogP contribution in [0.2, 0.25) is 0 Å². The van der Waals surface area contributed by atoms with Gasteiger partial charge in [0.05, 0.1) is 21.4 Å². The second-order valence-corrected chi connectivity index (χ2v) is 14.9. The Morgan fingerprint density at radius 3 is 2.00 bits per heavy atom. The highest BCUT2D eigenvalue weighted by atomic mass is 32.1. The van der Waals surface area contributed by atoms with Crippen LogP contribution < -0.4 is 16.4 Å². The van der Waals surface area contributed by atoms with E-state index in [0.29, 0.717) is 0 Å². The first kappa shape index (κ1) is 27.9. The van der Waals surface area contributed by atoms with E-state index >= 15 is 0 Å². The quantitative estimate of drug-likeness (QED) is 0.174. The van der Waals surface area contributed by atoms with Crippen LogP contribution in [0.25, 0.3) is 58.9 Å². The van der Waals surface area contributed by atoms with E-state index < -0.39 is 0 Å². The predicted molar refractivity (Wildman–Crippen MR) is 208 cm³/mol. The Bertz CT molecular complexity index is 2740. The van der Waals surface area contributed by atoms with Gasteiger partial charge in [0.1, 0.15) is 0 Å². The zero-order valence-electron chi connectivity index (χ0n) is 27.6. The van der Waals surface area contributed by atoms with Crippen molar-refractivity contribution in [3.8, 4) is 11.3 Å². The minimum Gasteiger partial charge on any atom is -0.291 e. The molecule has 6 aromatic carbocycles. The summed E-state index contributed by atoms with van der Waals surface area (Å²) in [5.41, 5.74) is 18.3. The van der Waals surface area contributed by atoms with Crippen LogP contribution in [0.4, 0.5) is 0 Å². The first-order valence-corrected chi connectivity index (χ1v) is 17.7. The summed E-state index contributed by atoms with van der Waals surface area (Å²) in [6.45, 7) is 9.26. The number of rotatable bonds is 2. The number of aromatic nitrogens is 2. The van der Waals surface area contributed by atoms with Crippen LogP contribution in [-0.4, -0.2) is 16.1 Å². The van der Waals surface area contributed by atoms with E-state index in [4.69, 9.17) is 4.98 Å². The highest BCUT2D eigenvalue weighted by molar-refractivity contribution is 7.26. The van der Waals surface area contributed by atoms with Gasteiger partial charge in [-0.2, -0.15) is 0 Å². The Kier molecular flexibility index (Phi) is 5.90. The van der Waals surface area contributed by atoms with Gasteiger partial charge in [0.2, 0.25) is 6.71 Å². The smallest absolute Gasteiger partial charge is 0.242 e. The first-order chi connectivity index (χ1) is 23.4. The molecule has 10 rings (SSSR count). The molecule has 0 spiro atoms. The third-order valence-electron chi connectivity index (χ3n) is 10.6. The molecule has 1 aliphatic heterocycles. The Morgan fingerprint density at radius 2 is 1.29 bits per heavy atom. The summed E-state index contributed by atoms with van der Waals surface area (Å²) in [5, 5.41) is 5.12. The lowest BCUT2D eigenvalue weighted by molar-refractivity contribution is 1.16. The fourth-order valence-electron chi connectivity index (χ4n) is 8.73. The Labute approximate surface area is 284 Å². The molecule has 1 aliphatic rings. The molecule has 0 bridgehead atoms. The number of para-hydroxylation sites is 2. The Balaban J connectivity index is 1.21. The molecule has 0 atom stereocenters. The van der Waals surface area contributed by atoms with Crippen LogP contribution in [0.3, 0.4) is 0 Å². The summed E-state index contributed by atoms with van der Waals surface area (Å²) in [7, 11) is 0. The van der Waals surface area contributed by atoms with Crippen molar-refractivity contribution in [2.24, 2.45) is 0 Å². The molecule has 48 heavy (non-hydrogen) atoms. The summed E-state index contributed by atoms with van der Waals surface area (Å²) in [6.07, 6.45) is 1.000. The first-order valence-electron chi connectivity index (χ1n) is 16.9. The van der Waals surface area contributed by atoms with E-state index in [1.165, 1.54) is 92.0 Å². The number of nitrogens with zero attached hydrogens (tertiary/aromatic N) is 2. The number of aryl methyl sites for hydroxylation is 4. The van der Waals surface area contributed by atoms with E-state index in [9.17, 15) is 0 Å². The van der Waals surface area contributed by atoms with Gasteiger partial charge in [0.25, 0.3) is 0 Å². The van der Waals surface area contributed by atoms with Crippen LogP contribution in [0, 0.1) is 27.7 Å². The molecule has 4 heterocycles. The van der Waals surface area contributed by atoms with Crippen LogP contribution >= 0.6 is 11.3 Å². The molecular weight excluding hydrogens is 599 g/mol. The molecule has 3 aromatic heterocycles. The van der Waals surface area contributed by atoms with Gasteiger partial charge >= 0.3 is 0 Å². The molecule has 228 valence electrons. The zero-order valence-corrected chi connectivity index (χ0v) is 28.4. The van der Waals surface area contributed by atoms with E-state index in [1.807, 2.05) is 11.3 Å². The van der Waals surface area contributed by atoms with Crippen LogP contribution in [0.1, 0.15) is 33.4 Å². The zero-order chi connectivity index (χ0) is 32.3. The largest absolute Gasteiger partial charge is 0.291 e. The molecule has 9 aromatic rings. The molecule has 0 unspecified atom stereocenters. The second kappa shape index (κ2) is 10.2. The summed E-state index contributed by atoms with van der Waals surface area (Å²) in [4.78, 5) is 5.24.